The molecule has 3 aromatic rings. The third-order valence-corrected chi connectivity index (χ3v) is 5.19. The van der Waals surface area contributed by atoms with Gasteiger partial charge in [-0.2, -0.15) is 0 Å². The highest BCUT2D eigenvalue weighted by Crippen LogP contribution is 2.30. The number of hydrogen-bond donors (Lipinski definition) is 2. The number of amides is 1. The van der Waals surface area contributed by atoms with Gasteiger partial charge in [0.2, 0.25) is 5.88 Å². The molecule has 1 unspecified atom stereocenters. The summed E-state index contributed by atoms with van der Waals surface area (Å²) in [6, 6.07) is 5.29. The van der Waals surface area contributed by atoms with Gasteiger partial charge in [-0.05, 0) is 44.0 Å². The topological polar surface area (TPSA) is 100 Å². The molecule has 0 bridgehead atoms. The number of benzene rings is 1. The van der Waals surface area contributed by atoms with E-state index >= 15 is 0 Å². The van der Waals surface area contributed by atoms with Crippen LogP contribution in [-0.4, -0.2) is 34.7 Å². The van der Waals surface area contributed by atoms with Gasteiger partial charge in [0.15, 0.2) is 11.4 Å². The van der Waals surface area contributed by atoms with Crippen molar-refractivity contribution in [1.29, 1.82) is 0 Å². The summed E-state index contributed by atoms with van der Waals surface area (Å²) >= 11 is 0. The maximum absolute atomic E-state index is 14.0. The van der Waals surface area contributed by atoms with Gasteiger partial charge in [0.25, 0.3) is 0 Å². The van der Waals surface area contributed by atoms with Crippen LogP contribution in [-0.2, 0) is 18.0 Å². The Kier molecular flexibility index (Phi) is 7.50. The molecule has 0 fully saturated rings. The highest BCUT2D eigenvalue weighted by Gasteiger charge is 2.22. The summed E-state index contributed by atoms with van der Waals surface area (Å²) in [5.74, 6) is -1.00. The molecule has 0 aliphatic rings. The first-order valence-corrected chi connectivity index (χ1v) is 10.5. The number of nitrogens with two attached hydrogens (primary N) is 1. The number of nitrogens with zero attached hydrogens (tertiary/aromatic N) is 2. The quantitative estimate of drug-likeness (QED) is 0.501. The molecule has 0 aliphatic carbocycles. The number of hydrogen-bond acceptors (Lipinski definition) is 6. The molecule has 1 amide bonds. The molecule has 2 aromatic heterocycles. The van der Waals surface area contributed by atoms with Crippen LogP contribution >= 0.6 is 0 Å². The summed E-state index contributed by atoms with van der Waals surface area (Å²) < 4.78 is 46.0. The van der Waals surface area contributed by atoms with E-state index in [1.165, 1.54) is 17.6 Å². The van der Waals surface area contributed by atoms with Gasteiger partial charge in [0.05, 0.1) is 12.2 Å². The molecule has 2 heterocycles. The molecule has 0 spiro atoms. The molecule has 0 radical (unpaired) electrons. The number of fused-ring (bicyclic) bond motifs is 1. The first-order chi connectivity index (χ1) is 15.6. The Hall–Kier alpha value is -3.24. The number of pyridine rings is 1. The number of methoxy groups -OCH3 is 1. The van der Waals surface area contributed by atoms with Gasteiger partial charge in [0.1, 0.15) is 23.9 Å². The number of aromatic nitrogens is 2. The van der Waals surface area contributed by atoms with Crippen LogP contribution in [0.25, 0.3) is 5.65 Å². The molecule has 8 nitrogen and oxygen atoms in total. The second-order valence-corrected chi connectivity index (χ2v) is 8.11. The van der Waals surface area contributed by atoms with Gasteiger partial charge < -0.3 is 25.3 Å². The predicted octanol–water partition coefficient (Wildman–Crippen LogP) is 3.86. The minimum absolute atomic E-state index is 0.0638. The second-order valence-electron chi connectivity index (χ2n) is 8.11. The van der Waals surface area contributed by atoms with Crippen LogP contribution in [0.2, 0.25) is 0 Å². The Morgan fingerprint density at radius 1 is 1.27 bits per heavy atom. The van der Waals surface area contributed by atoms with Crippen LogP contribution in [0.1, 0.15) is 37.1 Å². The third kappa shape index (κ3) is 5.77. The first-order valence-electron chi connectivity index (χ1n) is 10.5. The minimum atomic E-state index is -0.707. The Bertz CT molecular complexity index is 1130. The summed E-state index contributed by atoms with van der Waals surface area (Å²) in [6.07, 6.45) is 1.68. The standard InChI is InChI=1S/C23H28F2N4O4/c1-5-23(3,26)13-27-22(30)33-21-18(12-31-4)28-20-19(9-14(2)10-29(20)21)32-11-15-16(24)7-6-8-17(15)25/h6-10H,5,11-13,26H2,1-4H3,(H,27,30). The van der Waals surface area contributed by atoms with Gasteiger partial charge in [-0.1, -0.05) is 13.0 Å². The fraction of sp³-hybridized carbons (Fsp3) is 0.391. The average molecular weight is 462 g/mol. The lowest BCUT2D eigenvalue weighted by Gasteiger charge is -2.22. The van der Waals surface area contributed by atoms with Crippen molar-refractivity contribution in [2.75, 3.05) is 13.7 Å². The predicted molar refractivity (Wildman–Crippen MR) is 118 cm³/mol. The zero-order chi connectivity index (χ0) is 24.2. The van der Waals surface area contributed by atoms with Crippen molar-refractivity contribution < 1.29 is 27.8 Å². The number of halogens is 2. The van der Waals surface area contributed by atoms with Crippen molar-refractivity contribution in [3.8, 4) is 11.6 Å². The summed E-state index contributed by atoms with van der Waals surface area (Å²) in [4.78, 5) is 16.9. The molecular formula is C23H28F2N4O4. The van der Waals surface area contributed by atoms with E-state index < -0.39 is 23.3 Å². The molecule has 1 atom stereocenters. The number of nitrogens with one attached hydrogen (secondary N) is 1. The summed E-state index contributed by atoms with van der Waals surface area (Å²) in [5, 5.41) is 2.65. The van der Waals surface area contributed by atoms with Crippen LogP contribution < -0.4 is 20.5 Å². The smallest absolute Gasteiger partial charge is 0.414 e. The molecule has 0 aliphatic heterocycles. The Morgan fingerprint density at radius 2 is 1.97 bits per heavy atom. The number of ether oxygens (including phenoxy) is 3. The summed E-state index contributed by atoms with van der Waals surface area (Å²) in [7, 11) is 1.48. The number of carbonyl (C=O) groups is 1. The highest BCUT2D eigenvalue weighted by atomic mass is 19.1. The van der Waals surface area contributed by atoms with E-state index in [2.05, 4.69) is 10.3 Å². The van der Waals surface area contributed by atoms with E-state index in [0.717, 1.165) is 17.7 Å². The highest BCUT2D eigenvalue weighted by molar-refractivity contribution is 5.71. The monoisotopic (exact) mass is 462 g/mol. The van der Waals surface area contributed by atoms with Crippen molar-refractivity contribution >= 4 is 11.7 Å². The van der Waals surface area contributed by atoms with Crippen molar-refractivity contribution in [1.82, 2.24) is 14.7 Å². The molecule has 178 valence electrons. The lowest BCUT2D eigenvalue weighted by molar-refractivity contribution is 0.173. The van der Waals surface area contributed by atoms with Gasteiger partial charge >= 0.3 is 6.09 Å². The fourth-order valence-electron chi connectivity index (χ4n) is 3.06. The zero-order valence-corrected chi connectivity index (χ0v) is 19.1. The van der Waals surface area contributed by atoms with Gasteiger partial charge in [-0.3, -0.25) is 4.40 Å². The van der Waals surface area contributed by atoms with Crippen molar-refractivity contribution in [3.05, 3.63) is 58.9 Å². The van der Waals surface area contributed by atoms with Crippen LogP contribution in [0.5, 0.6) is 11.6 Å². The Labute approximate surface area is 190 Å². The molecule has 0 saturated heterocycles. The molecular weight excluding hydrogens is 434 g/mol. The number of rotatable bonds is 9. The Morgan fingerprint density at radius 3 is 2.61 bits per heavy atom. The van der Waals surface area contributed by atoms with Crippen LogP contribution in [0.15, 0.2) is 30.5 Å². The summed E-state index contributed by atoms with van der Waals surface area (Å²) in [5.41, 5.74) is 6.71. The molecule has 33 heavy (non-hydrogen) atoms. The van der Waals surface area contributed by atoms with Crippen molar-refractivity contribution in [2.45, 2.75) is 45.9 Å². The number of carbonyl (C=O) groups excluding carboxylic acids is 1. The second kappa shape index (κ2) is 10.1. The lowest BCUT2D eigenvalue weighted by atomic mass is 10.0. The van der Waals surface area contributed by atoms with Gasteiger partial charge in [0, 0.05) is 25.4 Å². The first kappa shape index (κ1) is 24.4. The molecule has 3 N–H and O–H groups in total. The maximum Gasteiger partial charge on any atom is 0.414 e. The molecule has 0 saturated carbocycles. The van der Waals surface area contributed by atoms with Crippen molar-refractivity contribution in [3.63, 3.8) is 0 Å². The maximum atomic E-state index is 14.0. The van der Waals surface area contributed by atoms with E-state index in [9.17, 15) is 13.6 Å². The zero-order valence-electron chi connectivity index (χ0n) is 19.1. The van der Waals surface area contributed by atoms with Crippen LogP contribution in [0, 0.1) is 18.6 Å². The normalized spacial score (nSPS) is 13.1. The third-order valence-electron chi connectivity index (χ3n) is 5.19. The van der Waals surface area contributed by atoms with Gasteiger partial charge in [-0.25, -0.2) is 18.6 Å². The van der Waals surface area contributed by atoms with Crippen LogP contribution in [0.3, 0.4) is 0 Å². The van der Waals surface area contributed by atoms with E-state index in [-0.39, 0.29) is 37.0 Å². The Balaban J connectivity index is 1.92. The minimum Gasteiger partial charge on any atom is -0.485 e. The number of imidazole rings is 1. The van der Waals surface area contributed by atoms with Crippen molar-refractivity contribution in [2.24, 2.45) is 5.73 Å². The molecule has 3 rings (SSSR count). The van der Waals surface area contributed by atoms with E-state index in [0.29, 0.717) is 17.8 Å². The lowest BCUT2D eigenvalue weighted by Crippen LogP contribution is -2.47. The molecule has 10 heteroatoms. The van der Waals surface area contributed by atoms with Gasteiger partial charge in [-0.15, -0.1) is 0 Å². The fourth-order valence-corrected chi connectivity index (χ4v) is 3.06. The largest absolute Gasteiger partial charge is 0.485 e. The number of aryl methyl sites for hydroxylation is 1. The van der Waals surface area contributed by atoms with Crippen LogP contribution in [0.4, 0.5) is 13.6 Å². The van der Waals surface area contributed by atoms with E-state index in [1.54, 1.807) is 19.2 Å². The van der Waals surface area contributed by atoms with E-state index in [4.69, 9.17) is 19.9 Å². The summed E-state index contributed by atoms with van der Waals surface area (Å²) in [6.45, 7) is 5.49. The molecule has 1 aromatic carbocycles. The SMILES string of the molecule is CCC(C)(N)CNC(=O)Oc1c(COC)nc2c(OCc3c(F)cccc3F)cc(C)cn12. The average Bonchev–Trinajstić information content (AvgIpc) is 3.09. The van der Waals surface area contributed by atoms with E-state index in [1.807, 2.05) is 13.8 Å².